The van der Waals surface area contributed by atoms with Crippen LogP contribution in [0.3, 0.4) is 0 Å². The van der Waals surface area contributed by atoms with Crippen LogP contribution in [-0.2, 0) is 12.1 Å². The van der Waals surface area contributed by atoms with Gasteiger partial charge in [0.15, 0.2) is 0 Å². The van der Waals surface area contributed by atoms with Crippen LogP contribution in [0.25, 0.3) is 0 Å². The Morgan fingerprint density at radius 2 is 2.39 bits per heavy atom. The molecule has 1 fully saturated rings. The van der Waals surface area contributed by atoms with Crippen LogP contribution in [0, 0.1) is 0 Å². The van der Waals surface area contributed by atoms with E-state index in [1.54, 1.807) is 6.20 Å². The standard InChI is InChI=1S/C12H20BrN3OS/c1-9-12(17,4-7-18-9)11-10(13)8-14-16(11)6-5-15(2)3/h8-9,17H,4-7H2,1-3H3. The normalized spacial score (nSPS) is 28.2. The van der Waals surface area contributed by atoms with Gasteiger partial charge in [0.25, 0.3) is 0 Å². The van der Waals surface area contributed by atoms with E-state index in [0.717, 1.165) is 35.4 Å². The number of likely N-dealkylation sites (N-methyl/N-ethyl adjacent to an activating group) is 1. The number of thioether (sulfide) groups is 1. The van der Waals surface area contributed by atoms with Crippen LogP contribution in [0.4, 0.5) is 0 Å². The molecule has 102 valence electrons. The van der Waals surface area contributed by atoms with E-state index in [4.69, 9.17) is 0 Å². The van der Waals surface area contributed by atoms with Crippen molar-refractivity contribution in [3.8, 4) is 0 Å². The Morgan fingerprint density at radius 3 is 2.94 bits per heavy atom. The number of hydrogen-bond acceptors (Lipinski definition) is 4. The highest BCUT2D eigenvalue weighted by Crippen LogP contribution is 2.45. The minimum atomic E-state index is -0.758. The number of nitrogens with zero attached hydrogens (tertiary/aromatic N) is 3. The Balaban J connectivity index is 2.29. The zero-order valence-corrected chi connectivity index (χ0v) is 13.5. The van der Waals surface area contributed by atoms with E-state index >= 15 is 0 Å². The van der Waals surface area contributed by atoms with Gasteiger partial charge in [0.1, 0.15) is 5.60 Å². The first kappa shape index (κ1) is 14.4. The molecule has 1 saturated heterocycles. The van der Waals surface area contributed by atoms with E-state index in [9.17, 15) is 5.11 Å². The van der Waals surface area contributed by atoms with Crippen molar-refractivity contribution < 1.29 is 5.11 Å². The molecule has 2 heterocycles. The molecule has 0 aliphatic carbocycles. The molecular weight excluding hydrogens is 314 g/mol. The smallest absolute Gasteiger partial charge is 0.120 e. The number of hydrogen-bond donors (Lipinski definition) is 1. The molecule has 1 N–H and O–H groups in total. The zero-order chi connectivity index (χ0) is 13.3. The summed E-state index contributed by atoms with van der Waals surface area (Å²) in [5.74, 6) is 1.00. The summed E-state index contributed by atoms with van der Waals surface area (Å²) in [6.45, 7) is 3.81. The first-order valence-electron chi connectivity index (χ1n) is 6.15. The molecule has 0 amide bonds. The molecule has 2 atom stereocenters. The molecular formula is C12H20BrN3OS. The van der Waals surface area contributed by atoms with Gasteiger partial charge in [-0.15, -0.1) is 0 Å². The lowest BCUT2D eigenvalue weighted by Crippen LogP contribution is -2.35. The number of rotatable bonds is 4. The Bertz CT molecular complexity index is 423. The molecule has 6 heteroatoms. The van der Waals surface area contributed by atoms with Crippen LogP contribution in [-0.4, -0.2) is 51.4 Å². The van der Waals surface area contributed by atoms with E-state index < -0.39 is 5.60 Å². The van der Waals surface area contributed by atoms with Crippen molar-refractivity contribution >= 4 is 27.7 Å². The number of aromatic nitrogens is 2. The van der Waals surface area contributed by atoms with Gasteiger partial charge in [0, 0.05) is 11.8 Å². The van der Waals surface area contributed by atoms with E-state index in [0.29, 0.717) is 0 Å². The first-order chi connectivity index (χ1) is 8.45. The second-order valence-corrected chi connectivity index (χ2v) is 7.36. The van der Waals surface area contributed by atoms with Gasteiger partial charge in [-0.05, 0) is 42.2 Å². The fourth-order valence-corrected chi connectivity index (χ4v) is 4.23. The van der Waals surface area contributed by atoms with Crippen molar-refractivity contribution in [2.45, 2.75) is 30.7 Å². The minimum Gasteiger partial charge on any atom is -0.382 e. The SMILES string of the molecule is CC1SCCC1(O)c1c(Br)cnn1CCN(C)C. The van der Waals surface area contributed by atoms with E-state index in [-0.39, 0.29) is 5.25 Å². The van der Waals surface area contributed by atoms with Crippen molar-refractivity contribution in [2.24, 2.45) is 0 Å². The fraction of sp³-hybridized carbons (Fsp3) is 0.750. The first-order valence-corrected chi connectivity index (χ1v) is 8.00. The highest BCUT2D eigenvalue weighted by molar-refractivity contribution is 9.10. The molecule has 1 aromatic heterocycles. The van der Waals surface area contributed by atoms with Crippen molar-refractivity contribution in [1.29, 1.82) is 0 Å². The van der Waals surface area contributed by atoms with Gasteiger partial charge in [0.05, 0.1) is 22.9 Å². The molecule has 0 saturated carbocycles. The fourth-order valence-electron chi connectivity index (χ4n) is 2.30. The van der Waals surface area contributed by atoms with E-state index in [1.165, 1.54) is 0 Å². The molecule has 1 aromatic rings. The molecule has 0 aromatic carbocycles. The van der Waals surface area contributed by atoms with Gasteiger partial charge in [-0.25, -0.2) is 0 Å². The van der Waals surface area contributed by atoms with Gasteiger partial charge in [0.2, 0.25) is 0 Å². The van der Waals surface area contributed by atoms with Crippen LogP contribution in [0.1, 0.15) is 19.0 Å². The highest BCUT2D eigenvalue weighted by Gasteiger charge is 2.44. The van der Waals surface area contributed by atoms with Gasteiger partial charge in [-0.1, -0.05) is 6.92 Å². The molecule has 18 heavy (non-hydrogen) atoms. The summed E-state index contributed by atoms with van der Waals surface area (Å²) >= 11 is 5.35. The lowest BCUT2D eigenvalue weighted by Gasteiger charge is -2.28. The Hall–Kier alpha value is -0.0400. The summed E-state index contributed by atoms with van der Waals surface area (Å²) in [4.78, 5) is 2.12. The summed E-state index contributed by atoms with van der Waals surface area (Å²) < 4.78 is 2.85. The molecule has 1 aliphatic heterocycles. The van der Waals surface area contributed by atoms with Crippen LogP contribution in [0.5, 0.6) is 0 Å². The van der Waals surface area contributed by atoms with Gasteiger partial charge in [-0.3, -0.25) is 4.68 Å². The molecule has 0 spiro atoms. The summed E-state index contributed by atoms with van der Waals surface area (Å²) in [5.41, 5.74) is 0.175. The third kappa shape index (κ3) is 2.61. The molecule has 0 bridgehead atoms. The molecule has 2 unspecified atom stereocenters. The summed E-state index contributed by atoms with van der Waals surface area (Å²) in [5, 5.41) is 15.5. The maximum Gasteiger partial charge on any atom is 0.120 e. The van der Waals surface area contributed by atoms with Crippen molar-refractivity contribution in [1.82, 2.24) is 14.7 Å². The third-order valence-electron chi connectivity index (χ3n) is 3.49. The topological polar surface area (TPSA) is 41.3 Å². The molecule has 1 aliphatic rings. The predicted octanol–water partition coefficient (Wildman–Crippen LogP) is 1.92. The Labute approximate surface area is 121 Å². The second-order valence-electron chi connectivity index (χ2n) is 5.05. The largest absolute Gasteiger partial charge is 0.382 e. The summed E-state index contributed by atoms with van der Waals surface area (Å²) in [6.07, 6.45) is 2.59. The van der Waals surface area contributed by atoms with Gasteiger partial charge < -0.3 is 10.0 Å². The van der Waals surface area contributed by atoms with Crippen molar-refractivity contribution in [2.75, 3.05) is 26.4 Å². The zero-order valence-electron chi connectivity index (χ0n) is 11.1. The van der Waals surface area contributed by atoms with Crippen LogP contribution >= 0.6 is 27.7 Å². The average Bonchev–Trinajstić information content (AvgIpc) is 2.82. The Kier molecular flexibility index (Phi) is 4.41. The summed E-state index contributed by atoms with van der Waals surface area (Å²) in [6, 6.07) is 0. The van der Waals surface area contributed by atoms with Gasteiger partial charge in [-0.2, -0.15) is 16.9 Å². The van der Waals surface area contributed by atoms with E-state index in [2.05, 4.69) is 32.9 Å². The lowest BCUT2D eigenvalue weighted by molar-refractivity contribution is 0.0322. The second kappa shape index (κ2) is 5.53. The molecule has 0 radical (unpaired) electrons. The predicted molar refractivity (Wildman–Crippen MR) is 78.9 cm³/mol. The quantitative estimate of drug-likeness (QED) is 0.913. The average molecular weight is 334 g/mol. The van der Waals surface area contributed by atoms with Crippen LogP contribution < -0.4 is 0 Å². The molecule has 2 rings (SSSR count). The Morgan fingerprint density at radius 1 is 1.67 bits per heavy atom. The van der Waals surface area contributed by atoms with E-state index in [1.807, 2.05) is 30.5 Å². The molecule has 4 nitrogen and oxygen atoms in total. The lowest BCUT2D eigenvalue weighted by atomic mass is 9.93. The third-order valence-corrected chi connectivity index (χ3v) is 5.40. The maximum atomic E-state index is 10.9. The van der Waals surface area contributed by atoms with Crippen LogP contribution in [0.2, 0.25) is 0 Å². The summed E-state index contributed by atoms with van der Waals surface area (Å²) in [7, 11) is 4.09. The monoisotopic (exact) mass is 333 g/mol. The van der Waals surface area contributed by atoms with Crippen molar-refractivity contribution in [3.63, 3.8) is 0 Å². The van der Waals surface area contributed by atoms with Crippen molar-refractivity contribution in [3.05, 3.63) is 16.4 Å². The van der Waals surface area contributed by atoms with Crippen LogP contribution in [0.15, 0.2) is 10.7 Å². The highest BCUT2D eigenvalue weighted by atomic mass is 79.9. The maximum absolute atomic E-state index is 10.9. The number of halogens is 1. The number of aliphatic hydroxyl groups is 1. The van der Waals surface area contributed by atoms with Gasteiger partial charge >= 0.3 is 0 Å². The minimum absolute atomic E-state index is 0.212.